The Morgan fingerprint density at radius 3 is 2.71 bits per heavy atom. The Hall–Kier alpha value is -0.890. The number of fused-ring (bicyclic) bond motifs is 1. The van der Waals surface area contributed by atoms with Gasteiger partial charge in [-0.15, -0.1) is 11.8 Å². The number of aliphatic carboxylic acids is 1. The van der Waals surface area contributed by atoms with E-state index < -0.39 is 23.3 Å². The van der Waals surface area contributed by atoms with Crippen molar-refractivity contribution in [2.75, 3.05) is 5.75 Å². The van der Waals surface area contributed by atoms with Crippen LogP contribution in [0.15, 0.2) is 0 Å². The molecule has 1 unspecified atom stereocenters. The van der Waals surface area contributed by atoms with Crippen molar-refractivity contribution in [2.24, 2.45) is 5.92 Å². The first-order valence-electron chi connectivity index (χ1n) is 8.46. The van der Waals surface area contributed by atoms with Gasteiger partial charge in [0.15, 0.2) is 0 Å². The number of carbonyl (C=O) groups is 3. The summed E-state index contributed by atoms with van der Waals surface area (Å²) in [6.07, 6.45) is 3.25. The molecule has 0 radical (unpaired) electrons. The number of carboxylic acid groups (broad SMARTS) is 1. The summed E-state index contributed by atoms with van der Waals surface area (Å²) in [5, 5.41) is 11.7. The molecule has 2 aliphatic rings. The van der Waals surface area contributed by atoms with Crippen LogP contribution < -0.4 is 5.32 Å². The first kappa shape index (κ1) is 19.4. The van der Waals surface area contributed by atoms with E-state index in [1.165, 1.54) is 4.90 Å². The van der Waals surface area contributed by atoms with Crippen molar-refractivity contribution < 1.29 is 19.5 Å². The predicted molar refractivity (Wildman–Crippen MR) is 97.1 cm³/mol. The smallest absolute Gasteiger partial charge is 0.326 e. The minimum atomic E-state index is -0.965. The number of nitrogens with zero attached hydrogens (tertiary/aromatic N) is 1. The number of piperidine rings is 1. The molecular weight excluding hydrogens is 348 g/mol. The van der Waals surface area contributed by atoms with Crippen molar-refractivity contribution in [1.82, 2.24) is 10.2 Å². The summed E-state index contributed by atoms with van der Waals surface area (Å²) >= 11 is 5.94. The van der Waals surface area contributed by atoms with Crippen molar-refractivity contribution >= 4 is 42.2 Å². The summed E-state index contributed by atoms with van der Waals surface area (Å²) in [7, 11) is 0. The SMILES string of the molecule is CC(C)CC(S)C(=O)N[C@H]1CCS[C@H]2CCC[C@@H](C(=O)O)N2C1=O. The van der Waals surface area contributed by atoms with Crippen LogP contribution >= 0.6 is 24.4 Å². The molecule has 2 N–H and O–H groups in total. The molecule has 2 amide bonds. The molecule has 2 fully saturated rings. The molecule has 0 saturated carbocycles. The second kappa shape index (κ2) is 8.47. The summed E-state index contributed by atoms with van der Waals surface area (Å²) in [4.78, 5) is 38.2. The highest BCUT2D eigenvalue weighted by molar-refractivity contribution is 7.99. The number of amides is 2. The molecule has 24 heavy (non-hydrogen) atoms. The highest BCUT2D eigenvalue weighted by Crippen LogP contribution is 2.34. The Bertz CT molecular complexity index is 500. The Kier molecular flexibility index (Phi) is 6.86. The summed E-state index contributed by atoms with van der Waals surface area (Å²) < 4.78 is 0. The van der Waals surface area contributed by atoms with E-state index in [0.717, 1.165) is 18.6 Å². The van der Waals surface area contributed by atoms with Gasteiger partial charge in [0, 0.05) is 0 Å². The summed E-state index contributed by atoms with van der Waals surface area (Å²) in [6, 6.07) is -1.44. The third kappa shape index (κ3) is 4.59. The lowest BCUT2D eigenvalue weighted by atomic mass is 10.00. The van der Waals surface area contributed by atoms with Crippen LogP contribution in [0.1, 0.15) is 46.0 Å². The van der Waals surface area contributed by atoms with Crippen molar-refractivity contribution in [3.8, 4) is 0 Å². The number of carbonyl (C=O) groups excluding carboxylic acids is 2. The Labute approximate surface area is 152 Å². The number of carboxylic acids is 1. The molecule has 4 atom stereocenters. The second-order valence-electron chi connectivity index (χ2n) is 6.85. The molecule has 6 nitrogen and oxygen atoms in total. The lowest BCUT2D eigenvalue weighted by Gasteiger charge is -2.39. The van der Waals surface area contributed by atoms with Crippen LogP contribution in [0.4, 0.5) is 0 Å². The minimum Gasteiger partial charge on any atom is -0.480 e. The minimum absolute atomic E-state index is 0.100. The lowest BCUT2D eigenvalue weighted by Crippen LogP contribution is -2.57. The fraction of sp³-hybridized carbons (Fsp3) is 0.812. The van der Waals surface area contributed by atoms with E-state index in [1.807, 2.05) is 13.8 Å². The summed E-state index contributed by atoms with van der Waals surface area (Å²) in [5.74, 6) is -0.423. The van der Waals surface area contributed by atoms with Crippen molar-refractivity contribution in [3.63, 3.8) is 0 Å². The van der Waals surface area contributed by atoms with E-state index in [9.17, 15) is 19.5 Å². The molecule has 136 valence electrons. The van der Waals surface area contributed by atoms with Gasteiger partial charge in [-0.05, 0) is 43.8 Å². The third-order valence-corrected chi connectivity index (χ3v) is 6.21. The molecule has 0 aliphatic carbocycles. The zero-order chi connectivity index (χ0) is 17.9. The normalized spacial score (nSPS) is 28.9. The number of rotatable bonds is 5. The predicted octanol–water partition coefficient (Wildman–Crippen LogP) is 1.74. The van der Waals surface area contributed by atoms with Crippen molar-refractivity contribution in [3.05, 3.63) is 0 Å². The maximum Gasteiger partial charge on any atom is 0.326 e. The zero-order valence-electron chi connectivity index (χ0n) is 14.1. The topological polar surface area (TPSA) is 86.7 Å². The van der Waals surface area contributed by atoms with Gasteiger partial charge in [-0.25, -0.2) is 4.79 Å². The van der Waals surface area contributed by atoms with Gasteiger partial charge in [0.1, 0.15) is 12.1 Å². The van der Waals surface area contributed by atoms with E-state index in [2.05, 4.69) is 17.9 Å². The number of thioether (sulfide) groups is 1. The molecule has 0 aromatic rings. The highest BCUT2D eigenvalue weighted by atomic mass is 32.2. The number of hydrogen-bond acceptors (Lipinski definition) is 5. The first-order valence-corrected chi connectivity index (χ1v) is 10.0. The van der Waals surface area contributed by atoms with Crippen LogP contribution in [0.25, 0.3) is 0 Å². The van der Waals surface area contributed by atoms with Crippen LogP contribution in [0, 0.1) is 5.92 Å². The lowest BCUT2D eigenvalue weighted by molar-refractivity contribution is -0.154. The largest absolute Gasteiger partial charge is 0.480 e. The highest BCUT2D eigenvalue weighted by Gasteiger charge is 2.43. The third-order valence-electron chi connectivity index (χ3n) is 4.44. The van der Waals surface area contributed by atoms with E-state index in [4.69, 9.17) is 0 Å². The van der Waals surface area contributed by atoms with Gasteiger partial charge in [0.25, 0.3) is 0 Å². The van der Waals surface area contributed by atoms with Gasteiger partial charge >= 0.3 is 5.97 Å². The van der Waals surface area contributed by atoms with Gasteiger partial charge < -0.3 is 15.3 Å². The fourth-order valence-electron chi connectivity index (χ4n) is 3.25. The summed E-state index contributed by atoms with van der Waals surface area (Å²) in [5.41, 5.74) is 0. The standard InChI is InChI=1S/C16H26N2O4S2/c1-9(2)8-12(23)14(19)17-10-6-7-24-13-5-3-4-11(16(21)22)18(13)15(10)20/h9-13,23H,3-8H2,1-2H3,(H,17,19)(H,21,22)/t10-,11-,12?,13-/m0/s1. The van der Waals surface area contributed by atoms with Gasteiger partial charge in [-0.1, -0.05) is 13.8 Å². The van der Waals surface area contributed by atoms with E-state index in [-0.39, 0.29) is 17.2 Å². The molecule has 0 spiro atoms. The van der Waals surface area contributed by atoms with E-state index >= 15 is 0 Å². The van der Waals surface area contributed by atoms with E-state index in [1.54, 1.807) is 11.8 Å². The Balaban J connectivity index is 2.10. The molecule has 2 rings (SSSR count). The molecule has 2 saturated heterocycles. The first-order chi connectivity index (χ1) is 11.3. The van der Waals surface area contributed by atoms with E-state index in [0.29, 0.717) is 25.2 Å². The molecule has 0 aromatic heterocycles. The van der Waals surface area contributed by atoms with Crippen LogP contribution in [0.3, 0.4) is 0 Å². The van der Waals surface area contributed by atoms with Gasteiger partial charge in [0.05, 0.1) is 10.6 Å². The average Bonchev–Trinajstić information content (AvgIpc) is 2.66. The zero-order valence-corrected chi connectivity index (χ0v) is 15.8. The van der Waals surface area contributed by atoms with Gasteiger partial charge in [0.2, 0.25) is 11.8 Å². The molecule has 0 bridgehead atoms. The molecular formula is C16H26N2O4S2. The fourth-order valence-corrected chi connectivity index (χ4v) is 5.13. The van der Waals surface area contributed by atoms with Crippen molar-refractivity contribution in [2.45, 2.75) is 68.7 Å². The number of thiol groups is 1. The van der Waals surface area contributed by atoms with Crippen LogP contribution in [-0.4, -0.2) is 56.3 Å². The Morgan fingerprint density at radius 1 is 1.38 bits per heavy atom. The van der Waals surface area contributed by atoms with Gasteiger partial charge in [-0.2, -0.15) is 12.6 Å². The van der Waals surface area contributed by atoms with Crippen LogP contribution in [0.2, 0.25) is 0 Å². The monoisotopic (exact) mass is 374 g/mol. The van der Waals surface area contributed by atoms with Crippen molar-refractivity contribution in [1.29, 1.82) is 0 Å². The number of nitrogens with one attached hydrogen (secondary N) is 1. The average molecular weight is 375 g/mol. The molecule has 0 aromatic carbocycles. The molecule has 2 heterocycles. The maximum atomic E-state index is 12.9. The van der Waals surface area contributed by atoms with Gasteiger partial charge in [-0.3, -0.25) is 9.59 Å². The quantitative estimate of drug-likeness (QED) is 0.638. The molecule has 8 heteroatoms. The number of hydrogen-bond donors (Lipinski definition) is 3. The second-order valence-corrected chi connectivity index (χ2v) is 8.76. The van der Waals surface area contributed by atoms with Crippen LogP contribution in [0.5, 0.6) is 0 Å². The molecule has 2 aliphatic heterocycles. The maximum absolute atomic E-state index is 12.9. The van der Waals surface area contributed by atoms with Crippen LogP contribution in [-0.2, 0) is 14.4 Å². The Morgan fingerprint density at radius 2 is 2.08 bits per heavy atom. The summed E-state index contributed by atoms with van der Waals surface area (Å²) in [6.45, 7) is 4.03.